The first-order valence-electron chi connectivity index (χ1n) is 8.00. The Hall–Kier alpha value is -2.45. The van der Waals surface area contributed by atoms with Gasteiger partial charge < -0.3 is 10.2 Å². The molecule has 0 aliphatic carbocycles. The third-order valence-corrected chi connectivity index (χ3v) is 6.02. The van der Waals surface area contributed by atoms with E-state index in [0.717, 1.165) is 44.0 Å². The van der Waals surface area contributed by atoms with Crippen LogP contribution in [0.15, 0.2) is 53.7 Å². The van der Waals surface area contributed by atoms with Crippen molar-refractivity contribution in [1.82, 2.24) is 14.3 Å². The molecule has 130 valence electrons. The number of rotatable bonds is 3. The molecular weight excluding hydrogens is 343 g/mol. The zero-order chi connectivity index (χ0) is 17.4. The second-order valence-corrected chi connectivity index (χ2v) is 7.69. The minimum Gasteiger partial charge on any atom is -0.366 e. The Kier molecular flexibility index (Phi) is 3.93. The van der Waals surface area contributed by atoms with E-state index in [9.17, 15) is 12.8 Å². The molecule has 6 nitrogen and oxygen atoms in total. The fourth-order valence-electron chi connectivity index (χ4n) is 3.07. The van der Waals surface area contributed by atoms with Crippen molar-refractivity contribution in [3.8, 4) is 0 Å². The maximum Gasteiger partial charge on any atom is 0.268 e. The van der Waals surface area contributed by atoms with Crippen LogP contribution >= 0.6 is 0 Å². The summed E-state index contributed by atoms with van der Waals surface area (Å²) in [6.45, 7) is 3.24. The van der Waals surface area contributed by atoms with Gasteiger partial charge in [0.1, 0.15) is 11.3 Å². The summed E-state index contributed by atoms with van der Waals surface area (Å²) in [4.78, 5) is 6.56. The van der Waals surface area contributed by atoms with E-state index in [4.69, 9.17) is 0 Å². The first kappa shape index (κ1) is 16.0. The Labute approximate surface area is 144 Å². The Balaban J connectivity index is 1.88. The molecule has 0 bridgehead atoms. The van der Waals surface area contributed by atoms with Crippen molar-refractivity contribution in [2.45, 2.75) is 4.90 Å². The summed E-state index contributed by atoms with van der Waals surface area (Å²) in [5.74, 6) is -0.473. The average molecular weight is 360 g/mol. The van der Waals surface area contributed by atoms with Gasteiger partial charge in [0.25, 0.3) is 10.0 Å². The first-order chi connectivity index (χ1) is 12.1. The standard InChI is InChI=1S/C17H17FN4O2S/c18-13-3-5-14(6-4-13)25(23,24)22-12-16(21-10-8-19-9-11-21)17-15(22)2-1-7-20-17/h1-7,12,19H,8-11H2. The van der Waals surface area contributed by atoms with E-state index in [-0.39, 0.29) is 4.90 Å². The van der Waals surface area contributed by atoms with Crippen molar-refractivity contribution in [3.63, 3.8) is 0 Å². The number of nitrogens with one attached hydrogen (secondary N) is 1. The van der Waals surface area contributed by atoms with Gasteiger partial charge in [-0.15, -0.1) is 0 Å². The van der Waals surface area contributed by atoms with Crippen LogP contribution in [0.4, 0.5) is 10.1 Å². The Morgan fingerprint density at radius 1 is 1.08 bits per heavy atom. The molecule has 1 aromatic carbocycles. The van der Waals surface area contributed by atoms with Gasteiger partial charge in [-0.2, -0.15) is 0 Å². The number of fused-ring (bicyclic) bond motifs is 1. The van der Waals surface area contributed by atoms with Crippen LogP contribution < -0.4 is 10.2 Å². The maximum absolute atomic E-state index is 13.2. The summed E-state index contributed by atoms with van der Waals surface area (Å²) in [6.07, 6.45) is 3.27. The second-order valence-electron chi connectivity index (χ2n) is 5.88. The molecule has 1 fully saturated rings. The fourth-order valence-corrected chi connectivity index (χ4v) is 4.42. The monoisotopic (exact) mass is 360 g/mol. The summed E-state index contributed by atoms with van der Waals surface area (Å²) in [7, 11) is -3.83. The quantitative estimate of drug-likeness (QED) is 0.772. The summed E-state index contributed by atoms with van der Waals surface area (Å²) in [5.41, 5.74) is 1.96. The van der Waals surface area contributed by atoms with E-state index in [1.165, 1.54) is 16.1 Å². The molecule has 1 saturated heterocycles. The van der Waals surface area contributed by atoms with E-state index in [0.29, 0.717) is 11.0 Å². The summed E-state index contributed by atoms with van der Waals surface area (Å²) >= 11 is 0. The van der Waals surface area contributed by atoms with Gasteiger partial charge in [-0.3, -0.25) is 4.98 Å². The Bertz CT molecular complexity index is 1010. The molecule has 4 rings (SSSR count). The van der Waals surface area contributed by atoms with Crippen molar-refractivity contribution in [2.75, 3.05) is 31.1 Å². The molecule has 3 aromatic rings. The molecule has 1 aliphatic heterocycles. The summed E-state index contributed by atoms with van der Waals surface area (Å²) < 4.78 is 40.5. The number of anilines is 1. The first-order valence-corrected chi connectivity index (χ1v) is 9.44. The number of nitrogens with zero attached hydrogens (tertiary/aromatic N) is 3. The van der Waals surface area contributed by atoms with Crippen molar-refractivity contribution in [3.05, 3.63) is 54.6 Å². The zero-order valence-electron chi connectivity index (χ0n) is 13.4. The Morgan fingerprint density at radius 2 is 1.80 bits per heavy atom. The van der Waals surface area contributed by atoms with Gasteiger partial charge in [-0.05, 0) is 36.4 Å². The average Bonchev–Trinajstić information content (AvgIpc) is 3.03. The number of aromatic nitrogens is 2. The highest BCUT2D eigenvalue weighted by Gasteiger charge is 2.24. The Morgan fingerprint density at radius 3 is 2.52 bits per heavy atom. The lowest BCUT2D eigenvalue weighted by Gasteiger charge is -2.28. The molecule has 0 spiro atoms. The van der Waals surface area contributed by atoms with Gasteiger partial charge in [0.15, 0.2) is 0 Å². The maximum atomic E-state index is 13.2. The number of benzene rings is 1. The number of pyridine rings is 1. The lowest BCUT2D eigenvalue weighted by atomic mass is 10.3. The predicted octanol–water partition coefficient (Wildman–Crippen LogP) is 1.82. The van der Waals surface area contributed by atoms with E-state index in [2.05, 4.69) is 15.2 Å². The van der Waals surface area contributed by atoms with Gasteiger partial charge >= 0.3 is 0 Å². The SMILES string of the molecule is O=S(=O)(c1ccc(F)cc1)n1cc(N2CCNCC2)c2ncccc21. The van der Waals surface area contributed by atoms with Gasteiger partial charge in [-0.25, -0.2) is 16.8 Å². The van der Waals surface area contributed by atoms with E-state index in [1.54, 1.807) is 24.5 Å². The molecule has 0 radical (unpaired) electrons. The van der Waals surface area contributed by atoms with Crippen molar-refractivity contribution in [2.24, 2.45) is 0 Å². The molecule has 0 unspecified atom stereocenters. The molecule has 0 atom stereocenters. The van der Waals surface area contributed by atoms with E-state index >= 15 is 0 Å². The number of piperazine rings is 1. The molecule has 1 aliphatic rings. The number of halogens is 1. The highest BCUT2D eigenvalue weighted by atomic mass is 32.2. The third kappa shape index (κ3) is 2.77. The van der Waals surface area contributed by atoms with Crippen molar-refractivity contribution in [1.29, 1.82) is 0 Å². The molecule has 0 amide bonds. The van der Waals surface area contributed by atoms with Gasteiger partial charge in [0.2, 0.25) is 0 Å². The van der Waals surface area contributed by atoms with Crippen LogP contribution in [0.1, 0.15) is 0 Å². The number of hydrogen-bond donors (Lipinski definition) is 1. The van der Waals surface area contributed by atoms with Crippen LogP contribution in [0, 0.1) is 5.82 Å². The summed E-state index contributed by atoms with van der Waals surface area (Å²) in [5, 5.41) is 3.28. The van der Waals surface area contributed by atoms with Crippen molar-refractivity contribution < 1.29 is 12.8 Å². The molecule has 3 heterocycles. The fraction of sp³-hybridized carbons (Fsp3) is 0.235. The molecule has 2 aromatic heterocycles. The minimum atomic E-state index is -3.83. The van der Waals surface area contributed by atoms with Crippen LogP contribution in [0.2, 0.25) is 0 Å². The second kappa shape index (κ2) is 6.12. The van der Waals surface area contributed by atoms with Crippen molar-refractivity contribution >= 4 is 26.7 Å². The normalized spacial score (nSPS) is 15.6. The molecule has 0 saturated carbocycles. The minimum absolute atomic E-state index is 0.0431. The highest BCUT2D eigenvalue weighted by molar-refractivity contribution is 7.90. The molecule has 1 N–H and O–H groups in total. The van der Waals surface area contributed by atoms with Crippen LogP contribution in [0.5, 0.6) is 0 Å². The van der Waals surface area contributed by atoms with Gasteiger partial charge in [0, 0.05) is 38.6 Å². The smallest absolute Gasteiger partial charge is 0.268 e. The summed E-state index contributed by atoms with van der Waals surface area (Å²) in [6, 6.07) is 8.28. The zero-order valence-corrected chi connectivity index (χ0v) is 14.2. The van der Waals surface area contributed by atoms with Crippen LogP contribution in [0.3, 0.4) is 0 Å². The lowest BCUT2D eigenvalue weighted by Crippen LogP contribution is -2.43. The third-order valence-electron chi connectivity index (χ3n) is 4.33. The highest BCUT2D eigenvalue weighted by Crippen LogP contribution is 2.30. The van der Waals surface area contributed by atoms with Gasteiger partial charge in [-0.1, -0.05) is 0 Å². The van der Waals surface area contributed by atoms with E-state index in [1.807, 2.05) is 0 Å². The van der Waals surface area contributed by atoms with Crippen LogP contribution in [0.25, 0.3) is 11.0 Å². The predicted molar refractivity (Wildman–Crippen MR) is 93.8 cm³/mol. The van der Waals surface area contributed by atoms with Gasteiger partial charge in [0.05, 0.1) is 16.1 Å². The molecule has 25 heavy (non-hydrogen) atoms. The topological polar surface area (TPSA) is 67.2 Å². The number of hydrogen-bond acceptors (Lipinski definition) is 5. The van der Waals surface area contributed by atoms with E-state index < -0.39 is 15.8 Å². The molecule has 8 heteroatoms. The largest absolute Gasteiger partial charge is 0.366 e. The molecular formula is C17H17FN4O2S. The van der Waals surface area contributed by atoms with Crippen LogP contribution in [-0.4, -0.2) is 43.6 Å². The lowest BCUT2D eigenvalue weighted by molar-refractivity contribution is 0.585. The van der Waals surface area contributed by atoms with Crippen LogP contribution in [-0.2, 0) is 10.0 Å².